The molecular formula is C32H28Cl3N3O4. The van der Waals surface area contributed by atoms with Crippen molar-refractivity contribution in [3.8, 4) is 11.5 Å². The van der Waals surface area contributed by atoms with Crippen LogP contribution in [0.15, 0.2) is 102 Å². The number of hydrogen-bond acceptors (Lipinski definition) is 5. The van der Waals surface area contributed by atoms with Gasteiger partial charge in [0.1, 0.15) is 24.1 Å². The van der Waals surface area contributed by atoms with E-state index in [0.717, 1.165) is 16.7 Å². The zero-order chi connectivity index (χ0) is 29.9. The molecule has 0 heterocycles. The number of hydrogen-bond donors (Lipinski definition) is 2. The maximum absolute atomic E-state index is 13.1. The zero-order valence-electron chi connectivity index (χ0n) is 22.6. The van der Waals surface area contributed by atoms with E-state index in [1.807, 2.05) is 78.9 Å². The van der Waals surface area contributed by atoms with Crippen LogP contribution >= 0.6 is 34.8 Å². The lowest BCUT2D eigenvalue weighted by Gasteiger charge is -2.21. The molecule has 0 saturated heterocycles. The van der Waals surface area contributed by atoms with Crippen molar-refractivity contribution in [2.24, 2.45) is 5.10 Å². The molecule has 42 heavy (non-hydrogen) atoms. The van der Waals surface area contributed by atoms with Gasteiger partial charge in [0.2, 0.25) is 0 Å². The molecule has 0 bridgehead atoms. The summed E-state index contributed by atoms with van der Waals surface area (Å²) >= 11 is 18.0. The fourth-order valence-corrected chi connectivity index (χ4v) is 4.39. The first-order valence-electron chi connectivity index (χ1n) is 13.0. The molecule has 0 aliphatic carbocycles. The van der Waals surface area contributed by atoms with Crippen LogP contribution in [0.4, 0.5) is 0 Å². The summed E-state index contributed by atoms with van der Waals surface area (Å²) in [4.78, 5) is 26.1. The Morgan fingerprint density at radius 2 is 1.52 bits per heavy atom. The number of hydrazone groups is 1. The molecule has 7 nitrogen and oxygen atoms in total. The van der Waals surface area contributed by atoms with Crippen LogP contribution in [-0.4, -0.2) is 30.2 Å². The van der Waals surface area contributed by atoms with Crippen LogP contribution < -0.4 is 20.2 Å². The number of nitrogens with one attached hydrogen (secondary N) is 2. The number of carbonyl (C=O) groups excluding carboxylic acids is 2. The van der Waals surface area contributed by atoms with E-state index in [4.69, 9.17) is 44.3 Å². The van der Waals surface area contributed by atoms with Crippen LogP contribution in [0.2, 0.25) is 15.1 Å². The van der Waals surface area contributed by atoms with Gasteiger partial charge in [-0.1, -0.05) is 77.3 Å². The van der Waals surface area contributed by atoms with Crippen LogP contribution in [0.1, 0.15) is 23.6 Å². The lowest BCUT2D eigenvalue weighted by Crippen LogP contribution is -2.50. The second kappa shape index (κ2) is 15.3. The fraction of sp³-hybridized carbons (Fsp3) is 0.156. The van der Waals surface area contributed by atoms with Crippen LogP contribution in [0, 0.1) is 0 Å². The maximum Gasteiger partial charge on any atom is 0.262 e. The highest BCUT2D eigenvalue weighted by atomic mass is 35.5. The van der Waals surface area contributed by atoms with Crippen molar-refractivity contribution < 1.29 is 19.1 Å². The second-order valence-corrected chi connectivity index (χ2v) is 10.6. The first kappa shape index (κ1) is 30.9. The third kappa shape index (κ3) is 9.52. The Kier molecular flexibility index (Phi) is 11.2. The Labute approximate surface area is 259 Å². The molecule has 10 heteroatoms. The largest absolute Gasteiger partial charge is 0.489 e. The molecule has 4 aromatic rings. The molecule has 0 aromatic heterocycles. The highest BCUT2D eigenvalue weighted by Gasteiger charge is 2.25. The predicted octanol–water partition coefficient (Wildman–Crippen LogP) is 6.87. The third-order valence-electron chi connectivity index (χ3n) is 6.07. The monoisotopic (exact) mass is 623 g/mol. The van der Waals surface area contributed by atoms with Gasteiger partial charge in [-0.15, -0.1) is 0 Å². The van der Waals surface area contributed by atoms with Gasteiger partial charge in [-0.3, -0.25) is 9.59 Å². The van der Waals surface area contributed by atoms with Crippen LogP contribution in [0.5, 0.6) is 11.5 Å². The number of amides is 2. The highest BCUT2D eigenvalue weighted by molar-refractivity contribution is 6.35. The van der Waals surface area contributed by atoms with E-state index in [0.29, 0.717) is 28.2 Å². The Morgan fingerprint density at radius 3 is 2.21 bits per heavy atom. The average Bonchev–Trinajstić information content (AvgIpc) is 2.99. The Balaban J connectivity index is 1.35. The summed E-state index contributed by atoms with van der Waals surface area (Å²) in [6.45, 7) is 1.98. The smallest absolute Gasteiger partial charge is 0.262 e. The Morgan fingerprint density at radius 1 is 0.833 bits per heavy atom. The lowest BCUT2D eigenvalue weighted by molar-refractivity contribution is -0.132. The molecule has 2 N–H and O–H groups in total. The van der Waals surface area contributed by atoms with Crippen molar-refractivity contribution in [3.63, 3.8) is 0 Å². The van der Waals surface area contributed by atoms with Gasteiger partial charge in [-0.05, 0) is 78.2 Å². The van der Waals surface area contributed by atoms with Gasteiger partial charge < -0.3 is 14.8 Å². The summed E-state index contributed by atoms with van der Waals surface area (Å²) in [6.07, 6.45) is 0.831. The third-order valence-corrected chi connectivity index (χ3v) is 6.85. The van der Waals surface area contributed by atoms with Gasteiger partial charge in [0, 0.05) is 16.5 Å². The lowest BCUT2D eigenvalue weighted by atomic mass is 10.1. The second-order valence-electron chi connectivity index (χ2n) is 9.30. The molecule has 2 atom stereocenters. The van der Waals surface area contributed by atoms with Crippen molar-refractivity contribution >= 4 is 52.8 Å². The fourth-order valence-electron chi connectivity index (χ4n) is 3.81. The Hall–Kier alpha value is -4.04. The minimum atomic E-state index is -0.932. The van der Waals surface area contributed by atoms with Crippen molar-refractivity contribution in [2.45, 2.75) is 32.1 Å². The van der Waals surface area contributed by atoms with Crippen molar-refractivity contribution in [3.05, 3.63) is 129 Å². The van der Waals surface area contributed by atoms with Crippen molar-refractivity contribution in [1.29, 1.82) is 0 Å². The van der Waals surface area contributed by atoms with Gasteiger partial charge >= 0.3 is 0 Å². The predicted molar refractivity (Wildman–Crippen MR) is 167 cm³/mol. The number of rotatable bonds is 12. The number of ether oxygens (including phenoxy) is 2. The summed E-state index contributed by atoms with van der Waals surface area (Å²) in [5, 5.41) is 8.24. The van der Waals surface area contributed by atoms with Gasteiger partial charge in [0.05, 0.1) is 11.2 Å². The summed E-state index contributed by atoms with van der Waals surface area (Å²) in [7, 11) is 0. The minimum Gasteiger partial charge on any atom is -0.489 e. The first-order chi connectivity index (χ1) is 20.3. The molecular weight excluding hydrogens is 597 g/mol. The van der Waals surface area contributed by atoms with Crippen LogP contribution in [0.3, 0.4) is 0 Å². The summed E-state index contributed by atoms with van der Waals surface area (Å²) in [5.74, 6) is 0.0186. The summed E-state index contributed by atoms with van der Waals surface area (Å²) < 4.78 is 11.5. The molecule has 0 unspecified atom stereocenters. The van der Waals surface area contributed by atoms with Crippen LogP contribution in [-0.2, 0) is 22.6 Å². The van der Waals surface area contributed by atoms with E-state index in [-0.39, 0.29) is 11.4 Å². The van der Waals surface area contributed by atoms with E-state index >= 15 is 0 Å². The van der Waals surface area contributed by atoms with Gasteiger partial charge in [-0.2, -0.15) is 5.10 Å². The zero-order valence-corrected chi connectivity index (χ0v) is 24.9. The molecule has 0 saturated carbocycles. The average molecular weight is 625 g/mol. The number of nitrogens with zero attached hydrogens (tertiary/aromatic N) is 1. The molecule has 0 radical (unpaired) electrons. The van der Waals surface area contributed by atoms with E-state index < -0.39 is 24.0 Å². The SMILES string of the molecule is C[C@H](Oc1ccc(Cl)cc1Cl)C(=O)N[C@@H](Cc1ccccc1)C(=O)N/N=C\c1ccc(OCc2ccc(Cl)cc2)cc1. The summed E-state index contributed by atoms with van der Waals surface area (Å²) in [6, 6.07) is 27.8. The number of benzene rings is 4. The van der Waals surface area contributed by atoms with Crippen molar-refractivity contribution in [1.82, 2.24) is 10.7 Å². The number of carbonyl (C=O) groups is 2. The first-order valence-corrected chi connectivity index (χ1v) is 14.2. The molecule has 2 amide bonds. The van der Waals surface area contributed by atoms with Crippen LogP contribution in [0.25, 0.3) is 0 Å². The molecule has 0 aliphatic rings. The minimum absolute atomic E-state index is 0.252. The Bertz CT molecular complexity index is 1510. The molecule has 4 rings (SSSR count). The summed E-state index contributed by atoms with van der Waals surface area (Å²) in [5.41, 5.74) is 5.14. The van der Waals surface area contributed by atoms with Gasteiger partial charge in [0.25, 0.3) is 11.8 Å². The molecule has 0 aliphatic heterocycles. The standard InChI is InChI=1S/C32H28Cl3N3O4/c1-21(42-30-16-13-26(34)18-28(30)35)31(39)37-29(17-22-5-3-2-4-6-22)32(40)38-36-19-23-9-14-27(15-10-23)41-20-24-7-11-25(33)12-8-24/h2-16,18-19,21,29H,17,20H2,1H3,(H,37,39)(H,38,40)/b36-19-/t21-,29-/m0/s1. The van der Waals surface area contributed by atoms with E-state index in [1.165, 1.54) is 12.3 Å². The quantitative estimate of drug-likeness (QED) is 0.133. The van der Waals surface area contributed by atoms with Crippen molar-refractivity contribution in [2.75, 3.05) is 0 Å². The topological polar surface area (TPSA) is 89.0 Å². The number of halogens is 3. The van der Waals surface area contributed by atoms with Gasteiger partial charge in [0.15, 0.2) is 6.10 Å². The molecule has 0 fully saturated rings. The highest BCUT2D eigenvalue weighted by Crippen LogP contribution is 2.28. The molecule has 216 valence electrons. The maximum atomic E-state index is 13.1. The van der Waals surface area contributed by atoms with E-state index in [1.54, 1.807) is 19.1 Å². The molecule has 4 aromatic carbocycles. The molecule has 0 spiro atoms. The van der Waals surface area contributed by atoms with E-state index in [2.05, 4.69) is 15.8 Å². The van der Waals surface area contributed by atoms with E-state index in [9.17, 15) is 9.59 Å². The van der Waals surface area contributed by atoms with Gasteiger partial charge in [-0.25, -0.2) is 5.43 Å². The normalized spacial score (nSPS) is 12.4.